The molecule has 0 saturated heterocycles. The standard InChI is InChI=1S/C38H52N2O10/c1-40(38(41)50-30-37-35-8-4-2-6-33(35)34-7-3-5-9-36(34)37)14-15-42-16-17-43-18-19-44-20-21-45-22-23-46-24-25-47-26-27-48-28-29-49-32-12-10-31(39)11-13-32/h2-13,37H,14-30,39H2,1H3. The number of anilines is 1. The maximum absolute atomic E-state index is 12.6. The number of ether oxygens (including phenoxy) is 9. The molecule has 50 heavy (non-hydrogen) atoms. The number of rotatable bonds is 27. The van der Waals surface area contributed by atoms with Crippen molar-refractivity contribution in [3.63, 3.8) is 0 Å². The van der Waals surface area contributed by atoms with Gasteiger partial charge in [-0.25, -0.2) is 4.79 Å². The fourth-order valence-corrected chi connectivity index (χ4v) is 5.20. The van der Waals surface area contributed by atoms with Crippen molar-refractivity contribution in [2.45, 2.75) is 5.92 Å². The molecule has 0 saturated carbocycles. The summed E-state index contributed by atoms with van der Waals surface area (Å²) in [6.45, 7) is 7.84. The zero-order chi connectivity index (χ0) is 35.1. The highest BCUT2D eigenvalue weighted by Gasteiger charge is 2.29. The number of fused-ring (bicyclic) bond motifs is 3. The van der Waals surface area contributed by atoms with Crippen molar-refractivity contribution in [2.75, 3.05) is 125 Å². The number of amides is 1. The molecule has 12 heteroatoms. The van der Waals surface area contributed by atoms with E-state index in [0.717, 1.165) is 5.75 Å². The molecule has 0 radical (unpaired) electrons. The van der Waals surface area contributed by atoms with Crippen LogP contribution in [0.2, 0.25) is 0 Å². The number of carbonyl (C=O) groups is 1. The molecule has 0 spiro atoms. The largest absolute Gasteiger partial charge is 0.491 e. The van der Waals surface area contributed by atoms with E-state index in [1.165, 1.54) is 27.2 Å². The minimum Gasteiger partial charge on any atom is -0.491 e. The first-order valence-electron chi connectivity index (χ1n) is 17.2. The lowest BCUT2D eigenvalue weighted by Gasteiger charge is -2.19. The first-order valence-corrected chi connectivity index (χ1v) is 17.2. The molecular formula is C38H52N2O10. The maximum Gasteiger partial charge on any atom is 0.409 e. The Morgan fingerprint density at radius 1 is 0.560 bits per heavy atom. The summed E-state index contributed by atoms with van der Waals surface area (Å²) in [7, 11) is 1.71. The fourth-order valence-electron chi connectivity index (χ4n) is 5.20. The second-order valence-electron chi connectivity index (χ2n) is 11.4. The molecule has 1 amide bonds. The van der Waals surface area contributed by atoms with E-state index in [1.54, 1.807) is 19.2 Å². The summed E-state index contributed by atoms with van der Waals surface area (Å²) in [5.41, 5.74) is 11.2. The molecule has 4 rings (SSSR count). The van der Waals surface area contributed by atoms with E-state index in [0.29, 0.717) is 118 Å². The topological polar surface area (TPSA) is 129 Å². The van der Waals surface area contributed by atoms with Gasteiger partial charge in [0.05, 0.1) is 92.5 Å². The number of nitrogens with two attached hydrogens (primary N) is 1. The van der Waals surface area contributed by atoms with Crippen LogP contribution in [0.3, 0.4) is 0 Å². The number of hydrogen-bond acceptors (Lipinski definition) is 11. The summed E-state index contributed by atoms with van der Waals surface area (Å²) in [4.78, 5) is 14.1. The number of carbonyl (C=O) groups excluding carboxylic acids is 1. The van der Waals surface area contributed by atoms with Crippen LogP contribution in [0, 0.1) is 0 Å². The SMILES string of the molecule is CN(CCOCCOCCOCCOCCOCCOCCOCCOc1ccc(N)cc1)C(=O)OCC1c2ccccc2-c2ccccc21. The van der Waals surface area contributed by atoms with Gasteiger partial charge >= 0.3 is 6.09 Å². The number of nitrogen functional groups attached to an aromatic ring is 1. The number of benzene rings is 3. The average molecular weight is 697 g/mol. The van der Waals surface area contributed by atoms with Crippen molar-refractivity contribution < 1.29 is 47.4 Å². The summed E-state index contributed by atoms with van der Waals surface area (Å²) >= 11 is 0. The van der Waals surface area contributed by atoms with Crippen LogP contribution < -0.4 is 10.5 Å². The lowest BCUT2D eigenvalue weighted by Crippen LogP contribution is -2.32. The van der Waals surface area contributed by atoms with Crippen LogP contribution in [-0.4, -0.2) is 130 Å². The van der Waals surface area contributed by atoms with Gasteiger partial charge in [0, 0.05) is 25.2 Å². The number of hydrogen-bond donors (Lipinski definition) is 1. The molecule has 0 bridgehead atoms. The fraction of sp³-hybridized carbons (Fsp3) is 0.500. The van der Waals surface area contributed by atoms with Gasteiger partial charge in [-0.1, -0.05) is 48.5 Å². The molecular weight excluding hydrogens is 644 g/mol. The highest BCUT2D eigenvalue weighted by atomic mass is 16.6. The second-order valence-corrected chi connectivity index (χ2v) is 11.4. The van der Waals surface area contributed by atoms with Crippen molar-refractivity contribution in [3.05, 3.63) is 83.9 Å². The first-order chi connectivity index (χ1) is 24.6. The molecule has 0 atom stereocenters. The summed E-state index contributed by atoms with van der Waals surface area (Å²) < 4.78 is 49.9. The van der Waals surface area contributed by atoms with E-state index < -0.39 is 0 Å². The van der Waals surface area contributed by atoms with Gasteiger partial charge in [-0.3, -0.25) is 0 Å². The first kappa shape index (κ1) is 39.0. The van der Waals surface area contributed by atoms with Crippen LogP contribution in [0.25, 0.3) is 11.1 Å². The molecule has 0 unspecified atom stereocenters. The molecule has 1 aliphatic rings. The molecule has 0 aromatic heterocycles. The Balaban J connectivity index is 0.850. The Morgan fingerprint density at radius 2 is 0.960 bits per heavy atom. The van der Waals surface area contributed by atoms with Crippen molar-refractivity contribution in [3.8, 4) is 16.9 Å². The van der Waals surface area contributed by atoms with Gasteiger partial charge in [0.1, 0.15) is 19.0 Å². The third-order valence-corrected chi connectivity index (χ3v) is 7.83. The zero-order valence-electron chi connectivity index (χ0n) is 29.1. The predicted molar refractivity (Wildman–Crippen MR) is 190 cm³/mol. The van der Waals surface area contributed by atoms with Gasteiger partial charge in [0.2, 0.25) is 0 Å². The van der Waals surface area contributed by atoms with Crippen LogP contribution in [0.5, 0.6) is 5.75 Å². The highest BCUT2D eigenvalue weighted by Crippen LogP contribution is 2.44. The average Bonchev–Trinajstić information content (AvgIpc) is 3.46. The van der Waals surface area contributed by atoms with Crippen molar-refractivity contribution >= 4 is 11.8 Å². The molecule has 12 nitrogen and oxygen atoms in total. The van der Waals surface area contributed by atoms with E-state index >= 15 is 0 Å². The zero-order valence-corrected chi connectivity index (χ0v) is 29.1. The minimum absolute atomic E-state index is 0.0401. The second kappa shape index (κ2) is 23.6. The van der Waals surface area contributed by atoms with Gasteiger partial charge in [-0.05, 0) is 46.5 Å². The van der Waals surface area contributed by atoms with Crippen LogP contribution in [0.1, 0.15) is 17.0 Å². The monoisotopic (exact) mass is 696 g/mol. The Hall–Kier alpha value is -3.75. The van der Waals surface area contributed by atoms with Gasteiger partial charge in [-0.2, -0.15) is 0 Å². The number of nitrogens with zero attached hydrogens (tertiary/aromatic N) is 1. The van der Waals surface area contributed by atoms with E-state index in [2.05, 4.69) is 24.3 Å². The summed E-state index contributed by atoms with van der Waals surface area (Å²) in [5, 5.41) is 0. The lowest BCUT2D eigenvalue weighted by atomic mass is 9.98. The van der Waals surface area contributed by atoms with Crippen LogP contribution in [0.15, 0.2) is 72.8 Å². The van der Waals surface area contributed by atoms with E-state index in [1.807, 2.05) is 36.4 Å². The van der Waals surface area contributed by atoms with Crippen molar-refractivity contribution in [1.82, 2.24) is 4.90 Å². The molecule has 0 aliphatic heterocycles. The third kappa shape index (κ3) is 14.2. The van der Waals surface area contributed by atoms with E-state index in [9.17, 15) is 4.79 Å². The lowest BCUT2D eigenvalue weighted by molar-refractivity contribution is -0.0215. The summed E-state index contributed by atoms with van der Waals surface area (Å²) in [5.74, 6) is 0.808. The van der Waals surface area contributed by atoms with Crippen molar-refractivity contribution in [1.29, 1.82) is 0 Å². The van der Waals surface area contributed by atoms with Crippen molar-refractivity contribution in [2.24, 2.45) is 0 Å². The summed E-state index contributed by atoms with van der Waals surface area (Å²) in [6, 6.07) is 23.8. The molecule has 2 N–H and O–H groups in total. The molecule has 0 heterocycles. The quantitative estimate of drug-likeness (QED) is 0.0884. The van der Waals surface area contributed by atoms with Crippen LogP contribution in [0.4, 0.5) is 10.5 Å². The van der Waals surface area contributed by atoms with Crippen LogP contribution >= 0.6 is 0 Å². The molecule has 3 aromatic carbocycles. The summed E-state index contributed by atoms with van der Waals surface area (Å²) in [6.07, 6.45) is -0.363. The van der Waals surface area contributed by atoms with Gasteiger partial charge in [0.15, 0.2) is 0 Å². The molecule has 0 fully saturated rings. The van der Waals surface area contributed by atoms with Gasteiger partial charge < -0.3 is 53.3 Å². The van der Waals surface area contributed by atoms with E-state index in [4.69, 9.17) is 48.4 Å². The van der Waals surface area contributed by atoms with Gasteiger partial charge in [-0.15, -0.1) is 0 Å². The van der Waals surface area contributed by atoms with Crippen LogP contribution in [-0.2, 0) is 37.9 Å². The molecule has 1 aliphatic carbocycles. The third-order valence-electron chi connectivity index (χ3n) is 7.83. The normalized spacial score (nSPS) is 12.1. The highest BCUT2D eigenvalue weighted by molar-refractivity contribution is 5.79. The minimum atomic E-state index is -0.363. The Bertz CT molecular complexity index is 1310. The smallest absolute Gasteiger partial charge is 0.409 e. The molecule has 3 aromatic rings. The Morgan fingerprint density at radius 3 is 1.42 bits per heavy atom. The predicted octanol–water partition coefficient (Wildman–Crippen LogP) is 4.64. The van der Waals surface area contributed by atoms with Gasteiger partial charge in [0.25, 0.3) is 0 Å². The number of likely N-dealkylation sites (N-methyl/N-ethyl adjacent to an activating group) is 1. The maximum atomic E-state index is 12.6. The molecule has 274 valence electrons. The Kier molecular flexibility index (Phi) is 18.4. The van der Waals surface area contributed by atoms with E-state index in [-0.39, 0.29) is 12.0 Å². The Labute approximate surface area is 295 Å².